The van der Waals surface area contributed by atoms with E-state index in [4.69, 9.17) is 0 Å². The highest BCUT2D eigenvalue weighted by Gasteiger charge is 2.22. The number of sulfone groups is 1. The van der Waals surface area contributed by atoms with Crippen molar-refractivity contribution in [2.75, 3.05) is 12.3 Å². The van der Waals surface area contributed by atoms with Crippen LogP contribution in [0, 0.1) is 19.8 Å². The molecule has 0 bridgehead atoms. The van der Waals surface area contributed by atoms with Crippen LogP contribution in [0.25, 0.3) is 0 Å². The van der Waals surface area contributed by atoms with Gasteiger partial charge in [-0.2, -0.15) is 5.10 Å². The molecular weight excluding hydrogens is 406 g/mol. The number of amides is 1. The van der Waals surface area contributed by atoms with Crippen molar-refractivity contribution in [3.8, 4) is 0 Å². The molecule has 1 aromatic heterocycles. The summed E-state index contributed by atoms with van der Waals surface area (Å²) in [6.07, 6.45) is 0.560. The van der Waals surface area contributed by atoms with Gasteiger partial charge in [0.2, 0.25) is 5.91 Å². The lowest BCUT2D eigenvalue weighted by atomic mass is 10.2. The molecule has 6 nitrogen and oxygen atoms in total. The minimum Gasteiger partial charge on any atom is -0.355 e. The summed E-state index contributed by atoms with van der Waals surface area (Å²) in [5.74, 6) is 0.235. The number of hydrogen-bond acceptors (Lipinski definition) is 5. The van der Waals surface area contributed by atoms with Crippen molar-refractivity contribution in [2.45, 2.75) is 62.6 Å². The highest BCUT2D eigenvalue weighted by molar-refractivity contribution is 8.01. The second-order valence-corrected chi connectivity index (χ2v) is 10.9. The van der Waals surface area contributed by atoms with Crippen LogP contribution in [0.1, 0.15) is 38.6 Å². The van der Waals surface area contributed by atoms with Crippen LogP contribution in [-0.2, 0) is 21.2 Å². The van der Waals surface area contributed by atoms with Crippen LogP contribution in [0.2, 0.25) is 0 Å². The summed E-state index contributed by atoms with van der Waals surface area (Å²) in [6.45, 7) is 11.0. The molecule has 8 heteroatoms. The number of carbonyl (C=O) groups excluding carboxylic acids is 1. The van der Waals surface area contributed by atoms with Gasteiger partial charge in [-0.15, -0.1) is 11.8 Å². The largest absolute Gasteiger partial charge is 0.355 e. The van der Waals surface area contributed by atoms with E-state index in [-0.39, 0.29) is 17.6 Å². The average molecular weight is 438 g/mol. The zero-order valence-electron chi connectivity index (χ0n) is 17.8. The number of benzene rings is 1. The van der Waals surface area contributed by atoms with Gasteiger partial charge in [-0.05, 0) is 51.3 Å². The SMILES string of the molecule is CCCS(=O)(=O)c1ccccc1SC(C)C(=O)NCC(C)Cn1nc(C)cc1C. The van der Waals surface area contributed by atoms with E-state index in [1.54, 1.807) is 31.2 Å². The van der Waals surface area contributed by atoms with E-state index in [0.717, 1.165) is 17.9 Å². The summed E-state index contributed by atoms with van der Waals surface area (Å²) in [5.41, 5.74) is 2.09. The Morgan fingerprint density at radius 1 is 1.24 bits per heavy atom. The Morgan fingerprint density at radius 2 is 1.93 bits per heavy atom. The van der Waals surface area contributed by atoms with Crippen LogP contribution in [0.5, 0.6) is 0 Å². The number of aryl methyl sites for hydroxylation is 2. The standard InChI is InChI=1S/C21H31N3O3S2/c1-6-11-29(26,27)20-10-8-7-9-19(20)28-18(5)21(25)22-13-15(2)14-24-17(4)12-16(3)23-24/h7-10,12,15,18H,6,11,13-14H2,1-5H3,(H,22,25). The van der Waals surface area contributed by atoms with Crippen molar-refractivity contribution < 1.29 is 13.2 Å². The van der Waals surface area contributed by atoms with E-state index in [9.17, 15) is 13.2 Å². The van der Waals surface area contributed by atoms with Crippen LogP contribution < -0.4 is 5.32 Å². The Hall–Kier alpha value is -1.80. The fourth-order valence-electron chi connectivity index (χ4n) is 3.07. The molecule has 1 N–H and O–H groups in total. The maximum absolute atomic E-state index is 12.6. The van der Waals surface area contributed by atoms with E-state index in [1.165, 1.54) is 11.8 Å². The van der Waals surface area contributed by atoms with Gasteiger partial charge in [0.05, 0.1) is 21.6 Å². The zero-order valence-corrected chi connectivity index (χ0v) is 19.4. The first-order valence-corrected chi connectivity index (χ1v) is 12.4. The van der Waals surface area contributed by atoms with Gasteiger partial charge in [-0.3, -0.25) is 9.48 Å². The molecule has 0 aliphatic heterocycles. The van der Waals surface area contributed by atoms with Crippen molar-refractivity contribution in [1.82, 2.24) is 15.1 Å². The van der Waals surface area contributed by atoms with Gasteiger partial charge in [0.1, 0.15) is 0 Å². The van der Waals surface area contributed by atoms with Gasteiger partial charge in [0.25, 0.3) is 0 Å². The Balaban J connectivity index is 1.95. The molecule has 1 aromatic carbocycles. The Bertz CT molecular complexity index is 938. The van der Waals surface area contributed by atoms with Gasteiger partial charge in [-0.1, -0.05) is 26.0 Å². The molecule has 1 amide bonds. The molecule has 0 aliphatic rings. The zero-order chi connectivity index (χ0) is 21.6. The Morgan fingerprint density at radius 3 is 2.55 bits per heavy atom. The van der Waals surface area contributed by atoms with E-state index < -0.39 is 15.1 Å². The number of nitrogens with zero attached hydrogens (tertiary/aromatic N) is 2. The lowest BCUT2D eigenvalue weighted by Gasteiger charge is -2.17. The highest BCUT2D eigenvalue weighted by atomic mass is 32.2. The molecule has 0 spiro atoms. The summed E-state index contributed by atoms with van der Waals surface area (Å²) in [5, 5.41) is 7.05. The molecule has 0 fully saturated rings. The van der Waals surface area contributed by atoms with Gasteiger partial charge in [0.15, 0.2) is 9.84 Å². The van der Waals surface area contributed by atoms with Crippen molar-refractivity contribution in [1.29, 1.82) is 0 Å². The van der Waals surface area contributed by atoms with Crippen LogP contribution in [0.15, 0.2) is 40.1 Å². The quantitative estimate of drug-likeness (QED) is 0.574. The molecule has 2 rings (SSSR count). The topological polar surface area (TPSA) is 81.1 Å². The first-order valence-electron chi connectivity index (χ1n) is 9.91. The maximum atomic E-state index is 12.6. The maximum Gasteiger partial charge on any atom is 0.233 e. The molecule has 1 heterocycles. The van der Waals surface area contributed by atoms with Crippen LogP contribution in [0.4, 0.5) is 0 Å². The second-order valence-electron chi connectivity index (χ2n) is 7.49. The number of nitrogens with one attached hydrogen (secondary N) is 1. The Labute approximate surface area is 178 Å². The molecular formula is C21H31N3O3S2. The van der Waals surface area contributed by atoms with E-state index in [0.29, 0.717) is 22.8 Å². The monoisotopic (exact) mass is 437 g/mol. The molecule has 2 aromatic rings. The molecule has 0 radical (unpaired) electrons. The summed E-state index contributed by atoms with van der Waals surface area (Å²) < 4.78 is 27.0. The first-order chi connectivity index (χ1) is 13.6. The van der Waals surface area contributed by atoms with Crippen molar-refractivity contribution in [2.24, 2.45) is 5.92 Å². The second kappa shape index (κ2) is 10.3. The lowest BCUT2D eigenvalue weighted by Crippen LogP contribution is -2.35. The lowest BCUT2D eigenvalue weighted by molar-refractivity contribution is -0.120. The molecule has 29 heavy (non-hydrogen) atoms. The van der Waals surface area contributed by atoms with E-state index >= 15 is 0 Å². The van der Waals surface area contributed by atoms with Gasteiger partial charge in [0, 0.05) is 23.7 Å². The van der Waals surface area contributed by atoms with Crippen molar-refractivity contribution >= 4 is 27.5 Å². The first kappa shape index (κ1) is 23.5. The number of thioether (sulfide) groups is 1. The molecule has 0 aliphatic carbocycles. The smallest absolute Gasteiger partial charge is 0.233 e. The third kappa shape index (κ3) is 6.60. The minimum absolute atomic E-state index is 0.0992. The summed E-state index contributed by atoms with van der Waals surface area (Å²) in [7, 11) is -3.34. The predicted octanol–water partition coefficient (Wildman–Crippen LogP) is 3.62. The Kier molecular flexibility index (Phi) is 8.34. The summed E-state index contributed by atoms with van der Waals surface area (Å²) >= 11 is 1.28. The predicted molar refractivity (Wildman–Crippen MR) is 118 cm³/mol. The molecule has 160 valence electrons. The highest BCUT2D eigenvalue weighted by Crippen LogP contribution is 2.30. The fourth-order valence-corrected chi connectivity index (χ4v) is 5.92. The average Bonchev–Trinajstić information content (AvgIpc) is 2.96. The number of aromatic nitrogens is 2. The number of hydrogen-bond donors (Lipinski definition) is 1. The molecule has 0 saturated carbocycles. The van der Waals surface area contributed by atoms with E-state index in [2.05, 4.69) is 17.3 Å². The third-order valence-electron chi connectivity index (χ3n) is 4.54. The fraction of sp³-hybridized carbons (Fsp3) is 0.524. The van der Waals surface area contributed by atoms with Gasteiger partial charge >= 0.3 is 0 Å². The summed E-state index contributed by atoms with van der Waals surface area (Å²) in [4.78, 5) is 13.5. The van der Waals surface area contributed by atoms with Crippen molar-refractivity contribution in [3.63, 3.8) is 0 Å². The molecule has 2 atom stereocenters. The number of rotatable bonds is 10. The van der Waals surface area contributed by atoms with Gasteiger partial charge in [-0.25, -0.2) is 8.42 Å². The van der Waals surface area contributed by atoms with Crippen molar-refractivity contribution in [3.05, 3.63) is 41.7 Å². The number of carbonyl (C=O) groups is 1. The van der Waals surface area contributed by atoms with E-state index in [1.807, 2.05) is 31.5 Å². The molecule has 2 unspecified atom stereocenters. The van der Waals surface area contributed by atoms with Crippen LogP contribution in [0.3, 0.4) is 0 Å². The van der Waals surface area contributed by atoms with Crippen LogP contribution >= 0.6 is 11.8 Å². The van der Waals surface area contributed by atoms with Gasteiger partial charge < -0.3 is 5.32 Å². The van der Waals surface area contributed by atoms with Crippen LogP contribution in [-0.4, -0.2) is 41.7 Å². The minimum atomic E-state index is -3.34. The molecule has 0 saturated heterocycles. The normalized spacial score (nSPS) is 13.8. The third-order valence-corrected chi connectivity index (χ3v) is 7.82. The summed E-state index contributed by atoms with van der Waals surface area (Å²) in [6, 6.07) is 8.94.